The lowest BCUT2D eigenvalue weighted by molar-refractivity contribution is -0.130. The number of nitrogens with zero attached hydrogens (tertiary/aromatic N) is 2. The van der Waals surface area contributed by atoms with Crippen LogP contribution in [0, 0.1) is 53.3 Å². The quantitative estimate of drug-likeness (QED) is 0.0370. The molecule has 7 rings (SSSR count). The van der Waals surface area contributed by atoms with Crippen LogP contribution in [0.25, 0.3) is 0 Å². The summed E-state index contributed by atoms with van der Waals surface area (Å²) < 4.78 is 5.77. The lowest BCUT2D eigenvalue weighted by Gasteiger charge is -2.32. The number of carbonyl (C=O) groups is 2. The van der Waals surface area contributed by atoms with Gasteiger partial charge in [0, 0.05) is 35.9 Å². The largest absolute Gasteiger partial charge is 0.504 e. The van der Waals surface area contributed by atoms with E-state index in [1.54, 1.807) is 20.2 Å². The van der Waals surface area contributed by atoms with Crippen molar-refractivity contribution >= 4 is 23.6 Å². The molecule has 0 amide bonds. The smallest absolute Gasteiger partial charge is 0.177 e. The number of phenols is 1. The number of Topliss-reactive ketones (excluding diaryl/α,β-unsaturated/α-hetero) is 2. The molecule has 6 N–H and O–H groups in total. The number of allylic oxidation sites excluding steroid dienone is 1. The highest BCUT2D eigenvalue weighted by molar-refractivity contribution is 6.00. The van der Waals surface area contributed by atoms with Crippen molar-refractivity contribution in [1.29, 1.82) is 0 Å². The van der Waals surface area contributed by atoms with E-state index in [1.165, 1.54) is 0 Å². The van der Waals surface area contributed by atoms with E-state index < -0.39 is 30.1 Å². The number of ether oxygens (including phenoxy) is 1. The summed E-state index contributed by atoms with van der Waals surface area (Å²) in [6.07, 6.45) is 10.5. The van der Waals surface area contributed by atoms with Crippen molar-refractivity contribution in [3.8, 4) is 23.3 Å². The van der Waals surface area contributed by atoms with Gasteiger partial charge in [-0.05, 0) is 142 Å². The molecule has 0 bridgehead atoms. The number of nitrogens with two attached hydrogens (primary N) is 1. The van der Waals surface area contributed by atoms with Crippen molar-refractivity contribution in [3.05, 3.63) is 136 Å². The van der Waals surface area contributed by atoms with Gasteiger partial charge in [-0.15, -0.1) is 4.99 Å². The number of aliphatic imine (C=N–C) groups is 1. The van der Waals surface area contributed by atoms with Gasteiger partial charge in [-0.1, -0.05) is 85.8 Å². The third-order valence-corrected chi connectivity index (χ3v) is 15.0. The molecule has 10 atom stereocenters. The minimum absolute atomic E-state index is 0.0529. The van der Waals surface area contributed by atoms with Crippen LogP contribution in [0.4, 0.5) is 5.82 Å². The molecule has 0 radical (unpaired) electrons. The fraction of sp³-hybridized carbons (Fsp3) is 0.475. The summed E-state index contributed by atoms with van der Waals surface area (Å²) in [5, 5.41) is 44.3. The number of aliphatic hydroxyl groups excluding tert-OH is 3. The Labute approximate surface area is 409 Å². The second-order valence-electron chi connectivity index (χ2n) is 20.0. The maximum absolute atomic E-state index is 14.9. The van der Waals surface area contributed by atoms with Crippen LogP contribution in [0.1, 0.15) is 124 Å². The monoisotopic (exact) mass is 935 g/mol. The maximum Gasteiger partial charge on any atom is 0.177 e. The molecule has 2 heterocycles. The molecule has 1 aliphatic heterocycles. The Morgan fingerprint density at radius 3 is 2.33 bits per heavy atom. The van der Waals surface area contributed by atoms with Gasteiger partial charge in [0.15, 0.2) is 17.2 Å². The molecule has 0 saturated heterocycles. The minimum Gasteiger partial charge on any atom is -0.504 e. The number of anilines is 1. The summed E-state index contributed by atoms with van der Waals surface area (Å²) in [5.74, 6) is 7.78. The molecule has 10 unspecified atom stereocenters. The van der Waals surface area contributed by atoms with Crippen molar-refractivity contribution in [2.75, 3.05) is 12.8 Å². The molecule has 3 aromatic carbocycles. The Hall–Kier alpha value is -5.73. The summed E-state index contributed by atoms with van der Waals surface area (Å²) in [6, 6.07) is 26.1. The number of ketones is 2. The molecular weight excluding hydrogens is 863 g/mol. The van der Waals surface area contributed by atoms with Crippen LogP contribution in [0.15, 0.2) is 102 Å². The molecule has 10 heteroatoms. The lowest BCUT2D eigenvalue weighted by Crippen LogP contribution is -2.32. The highest BCUT2D eigenvalue weighted by Gasteiger charge is 2.42. The molecule has 2 aliphatic carbocycles. The van der Waals surface area contributed by atoms with Crippen LogP contribution in [-0.4, -0.2) is 68.6 Å². The molecule has 3 aliphatic rings. The SMILES string of the molecule is CCCC(C(O)CC1=C[C+](C(C)CCC(O)C(C)O)C=N1)C1CC(Cc2ccnc(N)c2)CC2C#CC(c3ccccc3)c3c(cc(OC)c(O)c3CCc3ccccc3)CCC(=O)CC(=O)C2C1. The normalized spacial score (nSPS) is 22.9. The first-order valence-corrected chi connectivity index (χ1v) is 25.2. The second kappa shape index (κ2) is 24.2. The van der Waals surface area contributed by atoms with E-state index in [0.29, 0.717) is 69.4 Å². The summed E-state index contributed by atoms with van der Waals surface area (Å²) in [4.78, 5) is 38.0. The van der Waals surface area contributed by atoms with E-state index in [0.717, 1.165) is 64.3 Å². The van der Waals surface area contributed by atoms with E-state index in [2.05, 4.69) is 54.9 Å². The summed E-state index contributed by atoms with van der Waals surface area (Å²) in [6.45, 7) is 5.81. The van der Waals surface area contributed by atoms with Gasteiger partial charge < -0.3 is 30.9 Å². The van der Waals surface area contributed by atoms with Gasteiger partial charge in [0.1, 0.15) is 35.6 Å². The van der Waals surface area contributed by atoms with Crippen molar-refractivity contribution in [2.24, 2.45) is 40.5 Å². The van der Waals surface area contributed by atoms with Crippen LogP contribution in [0.2, 0.25) is 0 Å². The Bertz CT molecular complexity index is 2480. The molecule has 1 fully saturated rings. The number of benzene rings is 3. The van der Waals surface area contributed by atoms with E-state index in [1.807, 2.05) is 66.9 Å². The molecule has 0 spiro atoms. The third kappa shape index (κ3) is 13.3. The number of methoxy groups -OCH3 is 1. The fourth-order valence-corrected chi connectivity index (χ4v) is 11.2. The Balaban J connectivity index is 1.28. The minimum atomic E-state index is -0.793. The number of aryl methyl sites for hydroxylation is 2. The van der Waals surface area contributed by atoms with Crippen molar-refractivity contribution in [2.45, 2.75) is 135 Å². The first kappa shape index (κ1) is 51.1. The average molecular weight is 935 g/mol. The van der Waals surface area contributed by atoms with E-state index in [-0.39, 0.29) is 59.7 Å². The number of hydrogen-bond donors (Lipinski definition) is 5. The number of pyridine rings is 1. The first-order chi connectivity index (χ1) is 33.3. The maximum atomic E-state index is 14.9. The highest BCUT2D eigenvalue weighted by Crippen LogP contribution is 2.46. The fourth-order valence-electron chi connectivity index (χ4n) is 11.2. The van der Waals surface area contributed by atoms with Crippen LogP contribution in [0.5, 0.6) is 11.5 Å². The molecule has 10 nitrogen and oxygen atoms in total. The third-order valence-electron chi connectivity index (χ3n) is 15.0. The average Bonchev–Trinajstić information content (AvgIpc) is 3.73. The number of hydrogen-bond acceptors (Lipinski definition) is 10. The number of aromatic hydroxyl groups is 1. The van der Waals surface area contributed by atoms with Crippen molar-refractivity contribution < 1.29 is 34.8 Å². The summed E-state index contributed by atoms with van der Waals surface area (Å²) in [5.41, 5.74) is 12.7. The second-order valence-corrected chi connectivity index (χ2v) is 20.0. The molecule has 69 heavy (non-hydrogen) atoms. The molecule has 364 valence electrons. The number of fused-ring (bicyclic) bond motifs is 2. The number of carbonyl (C=O) groups excluding carboxylic acids is 2. The van der Waals surface area contributed by atoms with E-state index in [4.69, 9.17) is 15.5 Å². The molecular formula is C59H72N3O7+. The molecule has 4 aromatic rings. The van der Waals surface area contributed by atoms with Gasteiger partial charge >= 0.3 is 0 Å². The predicted molar refractivity (Wildman–Crippen MR) is 273 cm³/mol. The number of aromatic nitrogens is 1. The van der Waals surface area contributed by atoms with Crippen LogP contribution < -0.4 is 10.5 Å². The van der Waals surface area contributed by atoms with E-state index >= 15 is 0 Å². The number of rotatable bonds is 18. The van der Waals surface area contributed by atoms with Gasteiger partial charge in [0.25, 0.3) is 0 Å². The van der Waals surface area contributed by atoms with Crippen LogP contribution >= 0.6 is 0 Å². The number of phenolic OH excluding ortho intramolecular Hbond substituents is 1. The standard InChI is InChI=1S/C59H71N3O7/c1-5-12-49(54(66)34-47-31-46(36-62-47)37(2)17-24-53(65)38(3)63)45-29-41(27-40-25-26-61-57(60)30-40)28-43-20-23-50(42-15-10-7-11-16-42)58-44(19-21-48(64)35-55(67)52(43)32-45)33-56(69-4)59(68)51(58)22-18-39-13-8-6-9-14-39/h6-11,13-16,25-26,30-31,33,36-38,41,43,45,49-50,52-54,63,65-66H,5,12,17-19,21-22,24,27-29,32,34-35H2,1-4H3,(H2-,60,61,68)/p+1. The van der Waals surface area contributed by atoms with Gasteiger partial charge in [0.05, 0.1) is 44.2 Å². The van der Waals surface area contributed by atoms with Gasteiger partial charge in [0.2, 0.25) is 0 Å². The van der Waals surface area contributed by atoms with E-state index in [9.17, 15) is 30.0 Å². The zero-order valence-corrected chi connectivity index (χ0v) is 40.9. The topological polar surface area (TPSA) is 176 Å². The first-order valence-electron chi connectivity index (χ1n) is 25.2. The number of nitrogen functional groups attached to an aromatic ring is 1. The molecule has 1 aromatic heterocycles. The lowest BCUT2D eigenvalue weighted by atomic mass is 9.73. The highest BCUT2D eigenvalue weighted by atomic mass is 16.5. The zero-order chi connectivity index (χ0) is 49.0. The molecule has 1 saturated carbocycles. The Morgan fingerprint density at radius 2 is 1.62 bits per heavy atom. The van der Waals surface area contributed by atoms with Crippen LogP contribution in [-0.2, 0) is 35.3 Å². The van der Waals surface area contributed by atoms with Gasteiger partial charge in [-0.25, -0.2) is 4.98 Å². The summed E-state index contributed by atoms with van der Waals surface area (Å²) >= 11 is 0. The Morgan fingerprint density at radius 1 is 0.870 bits per heavy atom. The zero-order valence-electron chi connectivity index (χ0n) is 40.9. The number of aliphatic hydroxyl groups is 3. The van der Waals surface area contributed by atoms with Crippen LogP contribution in [0.3, 0.4) is 0 Å². The summed E-state index contributed by atoms with van der Waals surface area (Å²) in [7, 11) is 1.54. The predicted octanol–water partition coefficient (Wildman–Crippen LogP) is 9.53. The van der Waals surface area contributed by atoms with Crippen molar-refractivity contribution in [3.63, 3.8) is 0 Å². The Kier molecular flexibility index (Phi) is 17.9. The van der Waals surface area contributed by atoms with Gasteiger partial charge in [-0.2, -0.15) is 0 Å². The van der Waals surface area contributed by atoms with Gasteiger partial charge in [-0.3, -0.25) is 9.59 Å². The van der Waals surface area contributed by atoms with Crippen molar-refractivity contribution in [1.82, 2.24) is 4.98 Å².